The van der Waals surface area contributed by atoms with Crippen LogP contribution in [0, 0.1) is 5.92 Å². The minimum absolute atomic E-state index is 0. The van der Waals surface area contributed by atoms with Gasteiger partial charge in [-0.3, -0.25) is 9.59 Å². The van der Waals surface area contributed by atoms with Crippen molar-refractivity contribution in [3.63, 3.8) is 0 Å². The van der Waals surface area contributed by atoms with Gasteiger partial charge in [0.2, 0.25) is 5.91 Å². The quantitative estimate of drug-likeness (QED) is 0.822. The number of hydrogen-bond acceptors (Lipinski definition) is 3. The minimum atomic E-state index is -0.116. The molecule has 24 heavy (non-hydrogen) atoms. The number of likely N-dealkylation sites (tertiary alicyclic amines) is 1. The second-order valence-corrected chi connectivity index (χ2v) is 6.70. The Hall–Kier alpha value is -1.75. The van der Waals surface area contributed by atoms with Gasteiger partial charge < -0.3 is 16.0 Å². The lowest BCUT2D eigenvalue weighted by Crippen LogP contribution is -2.40. The van der Waals surface area contributed by atoms with E-state index < -0.39 is 0 Å². The van der Waals surface area contributed by atoms with E-state index in [2.05, 4.69) is 5.32 Å². The van der Waals surface area contributed by atoms with Gasteiger partial charge in [0.25, 0.3) is 5.91 Å². The van der Waals surface area contributed by atoms with Crippen molar-refractivity contribution in [2.45, 2.75) is 44.6 Å². The number of nitrogens with one attached hydrogen (secondary N) is 1. The number of anilines is 1. The third-order valence-electron chi connectivity index (χ3n) is 4.94. The molecule has 5 nitrogen and oxygen atoms in total. The van der Waals surface area contributed by atoms with Crippen molar-refractivity contribution in [3.05, 3.63) is 29.8 Å². The zero-order chi connectivity index (χ0) is 16.2. The largest absolute Gasteiger partial charge is 0.399 e. The van der Waals surface area contributed by atoms with E-state index in [0.29, 0.717) is 17.8 Å². The van der Waals surface area contributed by atoms with Gasteiger partial charge in [0.05, 0.1) is 0 Å². The maximum atomic E-state index is 12.5. The Morgan fingerprint density at radius 2 is 1.88 bits per heavy atom. The average molecular weight is 352 g/mol. The van der Waals surface area contributed by atoms with E-state index in [4.69, 9.17) is 5.73 Å². The Bertz CT molecular complexity index is 587. The summed E-state index contributed by atoms with van der Waals surface area (Å²) in [5.41, 5.74) is 6.87. The molecule has 1 aliphatic carbocycles. The molecule has 3 rings (SSSR count). The van der Waals surface area contributed by atoms with Crippen LogP contribution in [0.3, 0.4) is 0 Å². The fourth-order valence-corrected chi connectivity index (χ4v) is 3.63. The van der Waals surface area contributed by atoms with Crippen molar-refractivity contribution < 1.29 is 9.59 Å². The van der Waals surface area contributed by atoms with Gasteiger partial charge >= 0.3 is 0 Å². The van der Waals surface area contributed by atoms with E-state index in [1.54, 1.807) is 24.3 Å². The molecule has 3 N–H and O–H groups in total. The van der Waals surface area contributed by atoms with Gasteiger partial charge in [-0.2, -0.15) is 0 Å². The van der Waals surface area contributed by atoms with Crippen LogP contribution in [0.25, 0.3) is 0 Å². The number of nitrogen functional groups attached to an aromatic ring is 1. The monoisotopic (exact) mass is 351 g/mol. The van der Waals surface area contributed by atoms with Crippen molar-refractivity contribution in [2.75, 3.05) is 18.8 Å². The van der Waals surface area contributed by atoms with E-state index in [-0.39, 0.29) is 36.2 Å². The summed E-state index contributed by atoms with van der Waals surface area (Å²) in [4.78, 5) is 26.7. The summed E-state index contributed by atoms with van der Waals surface area (Å²) in [6.07, 6.45) is 6.46. The summed E-state index contributed by atoms with van der Waals surface area (Å²) < 4.78 is 0. The second-order valence-electron chi connectivity index (χ2n) is 6.70. The molecule has 0 aromatic heterocycles. The lowest BCUT2D eigenvalue weighted by atomic mass is 9.88. The molecule has 0 spiro atoms. The van der Waals surface area contributed by atoms with E-state index in [9.17, 15) is 9.59 Å². The average Bonchev–Trinajstić information content (AvgIpc) is 3.03. The number of carbonyl (C=O) groups excluding carboxylic acids is 2. The van der Waals surface area contributed by atoms with Crippen LogP contribution < -0.4 is 11.1 Å². The van der Waals surface area contributed by atoms with Crippen molar-refractivity contribution in [1.82, 2.24) is 10.2 Å². The maximum Gasteiger partial charge on any atom is 0.251 e. The molecule has 1 saturated heterocycles. The van der Waals surface area contributed by atoms with Gasteiger partial charge in [0.1, 0.15) is 0 Å². The lowest BCUT2D eigenvalue weighted by molar-refractivity contribution is -0.135. The Morgan fingerprint density at radius 3 is 2.58 bits per heavy atom. The summed E-state index contributed by atoms with van der Waals surface area (Å²) in [6, 6.07) is 7.01. The topological polar surface area (TPSA) is 75.4 Å². The first-order valence-electron chi connectivity index (χ1n) is 8.58. The van der Waals surface area contributed by atoms with Gasteiger partial charge in [0, 0.05) is 36.3 Å². The molecular formula is C18H26ClN3O2. The van der Waals surface area contributed by atoms with Gasteiger partial charge in [-0.05, 0) is 37.5 Å². The number of carbonyl (C=O) groups is 2. The summed E-state index contributed by atoms with van der Waals surface area (Å²) >= 11 is 0. The van der Waals surface area contributed by atoms with E-state index >= 15 is 0 Å². The van der Waals surface area contributed by atoms with Crippen LogP contribution in [0.4, 0.5) is 5.69 Å². The standard InChI is InChI=1S/C18H25N3O2.ClH/c19-15-8-4-7-14(11-15)17(22)20-16-9-10-21(12-16)18(23)13-5-2-1-3-6-13;/h4,7-8,11,13,16H,1-3,5-6,9-10,12,19H2,(H,20,22);1H. The van der Waals surface area contributed by atoms with Crippen LogP contribution in [-0.2, 0) is 4.79 Å². The highest BCUT2D eigenvalue weighted by Gasteiger charge is 2.32. The highest BCUT2D eigenvalue weighted by Crippen LogP contribution is 2.26. The predicted octanol–water partition coefficient (Wildman–Crippen LogP) is 2.60. The molecule has 2 amide bonds. The zero-order valence-corrected chi connectivity index (χ0v) is 14.7. The van der Waals surface area contributed by atoms with Crippen molar-refractivity contribution in [2.24, 2.45) is 5.92 Å². The SMILES string of the molecule is Cl.Nc1cccc(C(=O)NC2CCN(C(=O)C3CCCCC3)C2)c1. The first-order chi connectivity index (χ1) is 11.1. The van der Waals surface area contributed by atoms with Gasteiger partial charge in [0.15, 0.2) is 0 Å². The normalized spacial score (nSPS) is 21.2. The van der Waals surface area contributed by atoms with Gasteiger partial charge in [-0.1, -0.05) is 25.3 Å². The van der Waals surface area contributed by atoms with Crippen LogP contribution in [0.1, 0.15) is 48.9 Å². The molecule has 1 heterocycles. The minimum Gasteiger partial charge on any atom is -0.399 e. The van der Waals surface area contributed by atoms with Crippen LogP contribution >= 0.6 is 12.4 Å². The highest BCUT2D eigenvalue weighted by atomic mass is 35.5. The fraction of sp³-hybridized carbons (Fsp3) is 0.556. The smallest absolute Gasteiger partial charge is 0.251 e. The fourth-order valence-electron chi connectivity index (χ4n) is 3.63. The van der Waals surface area contributed by atoms with E-state index in [1.165, 1.54) is 19.3 Å². The molecule has 0 bridgehead atoms. The van der Waals surface area contributed by atoms with Crippen molar-refractivity contribution in [3.8, 4) is 0 Å². The van der Waals surface area contributed by atoms with Crippen molar-refractivity contribution in [1.29, 1.82) is 0 Å². The molecule has 1 unspecified atom stereocenters. The van der Waals surface area contributed by atoms with Crippen LogP contribution in [-0.4, -0.2) is 35.8 Å². The molecule has 6 heteroatoms. The summed E-state index contributed by atoms with van der Waals surface area (Å²) in [6.45, 7) is 1.38. The molecule has 2 fully saturated rings. The Balaban J connectivity index is 0.00000208. The number of rotatable bonds is 3. The molecule has 1 aliphatic heterocycles. The number of nitrogens with zero attached hydrogens (tertiary/aromatic N) is 1. The summed E-state index contributed by atoms with van der Waals surface area (Å²) in [7, 11) is 0. The number of hydrogen-bond donors (Lipinski definition) is 2. The molecular weight excluding hydrogens is 326 g/mol. The van der Waals surface area contributed by atoms with Crippen molar-refractivity contribution >= 4 is 29.9 Å². The third kappa shape index (κ3) is 4.41. The molecule has 1 aromatic carbocycles. The van der Waals surface area contributed by atoms with Gasteiger partial charge in [-0.25, -0.2) is 0 Å². The molecule has 1 saturated carbocycles. The number of halogens is 1. The first-order valence-corrected chi connectivity index (χ1v) is 8.58. The molecule has 2 aliphatic rings. The highest BCUT2D eigenvalue weighted by molar-refractivity contribution is 5.95. The lowest BCUT2D eigenvalue weighted by Gasteiger charge is -2.26. The zero-order valence-electron chi connectivity index (χ0n) is 13.9. The maximum absolute atomic E-state index is 12.5. The van der Waals surface area contributed by atoms with E-state index in [1.807, 2.05) is 4.90 Å². The Kier molecular flexibility index (Phi) is 6.49. The predicted molar refractivity (Wildman–Crippen MR) is 97.1 cm³/mol. The Morgan fingerprint density at radius 1 is 1.12 bits per heavy atom. The Labute approximate surface area is 149 Å². The van der Waals surface area contributed by atoms with Crippen LogP contribution in [0.5, 0.6) is 0 Å². The molecule has 0 radical (unpaired) electrons. The summed E-state index contributed by atoms with van der Waals surface area (Å²) in [5, 5.41) is 3.02. The summed E-state index contributed by atoms with van der Waals surface area (Å²) in [5.74, 6) is 0.367. The van der Waals surface area contributed by atoms with Gasteiger partial charge in [-0.15, -0.1) is 12.4 Å². The van der Waals surface area contributed by atoms with E-state index in [0.717, 1.165) is 25.8 Å². The first kappa shape index (κ1) is 18.6. The number of benzene rings is 1. The van der Waals surface area contributed by atoms with Crippen LogP contribution in [0.15, 0.2) is 24.3 Å². The third-order valence-corrected chi connectivity index (χ3v) is 4.94. The number of amides is 2. The second kappa shape index (κ2) is 8.38. The number of nitrogens with two attached hydrogens (primary N) is 1. The van der Waals surface area contributed by atoms with Crippen LogP contribution in [0.2, 0.25) is 0 Å². The molecule has 1 atom stereocenters. The molecule has 1 aromatic rings. The molecule has 132 valence electrons.